The molecule has 3 heteroatoms. The van der Waals surface area contributed by atoms with E-state index < -0.39 is 0 Å². The first-order chi connectivity index (χ1) is 14.5. The van der Waals surface area contributed by atoms with Crippen molar-refractivity contribution in [2.75, 3.05) is 19.6 Å². The summed E-state index contributed by atoms with van der Waals surface area (Å²) in [5, 5.41) is 11.7. The van der Waals surface area contributed by atoms with Crippen LogP contribution < -0.4 is 0 Å². The Labute approximate surface area is 179 Å². The summed E-state index contributed by atoms with van der Waals surface area (Å²) in [7, 11) is 2.25. The molecular weight excluding hydrogens is 368 g/mol. The molecule has 2 aromatic carbocycles. The minimum absolute atomic E-state index is 0.128. The molecule has 0 amide bonds. The Morgan fingerprint density at radius 3 is 2.80 bits per heavy atom. The Morgan fingerprint density at radius 2 is 2.00 bits per heavy atom. The number of hydrogen-bond donors (Lipinski definition) is 1. The van der Waals surface area contributed by atoms with E-state index in [9.17, 15) is 5.11 Å². The minimum Gasteiger partial charge on any atom is -0.508 e. The van der Waals surface area contributed by atoms with E-state index in [0.29, 0.717) is 11.7 Å². The van der Waals surface area contributed by atoms with Crippen molar-refractivity contribution in [3.63, 3.8) is 0 Å². The average Bonchev–Trinajstić information content (AvgIpc) is 3.52. The van der Waals surface area contributed by atoms with Gasteiger partial charge in [0.25, 0.3) is 0 Å². The van der Waals surface area contributed by atoms with Crippen molar-refractivity contribution in [2.45, 2.75) is 44.4 Å². The highest BCUT2D eigenvalue weighted by molar-refractivity contribution is 5.86. The van der Waals surface area contributed by atoms with Crippen molar-refractivity contribution in [3.05, 3.63) is 64.8 Å². The van der Waals surface area contributed by atoms with Crippen LogP contribution in [0.4, 0.5) is 0 Å². The fourth-order valence-electron chi connectivity index (χ4n) is 6.45. The molecule has 0 bridgehead atoms. The van der Waals surface area contributed by atoms with Crippen LogP contribution >= 0.6 is 0 Å². The molecule has 2 aliphatic carbocycles. The number of hydrogen-bond acceptors (Lipinski definition) is 2. The zero-order valence-corrected chi connectivity index (χ0v) is 18.2. The van der Waals surface area contributed by atoms with Crippen LogP contribution in [0.3, 0.4) is 0 Å². The van der Waals surface area contributed by atoms with Crippen LogP contribution in [-0.4, -0.2) is 34.2 Å². The summed E-state index contributed by atoms with van der Waals surface area (Å²) in [5.74, 6) is 1.95. The summed E-state index contributed by atoms with van der Waals surface area (Å²) >= 11 is 0. The molecule has 2 unspecified atom stereocenters. The molecule has 156 valence electrons. The number of rotatable bonds is 3. The molecule has 1 saturated carbocycles. The van der Waals surface area contributed by atoms with Crippen LogP contribution in [0, 0.1) is 18.8 Å². The van der Waals surface area contributed by atoms with Crippen LogP contribution in [-0.2, 0) is 25.3 Å². The Hall–Kier alpha value is -2.26. The highest BCUT2D eigenvalue weighted by Crippen LogP contribution is 2.50. The zero-order valence-electron chi connectivity index (χ0n) is 18.2. The number of benzene rings is 2. The molecule has 1 saturated heterocycles. The normalized spacial score (nSPS) is 26.5. The SMILES string of the molecule is Cc1ccc2c(c1)c1c(n2C)CC2(c3cccc(O)c3)CCN(CC3CC3)CC2C1. The van der Waals surface area contributed by atoms with Crippen LogP contribution in [0.5, 0.6) is 5.75 Å². The Morgan fingerprint density at radius 1 is 1.13 bits per heavy atom. The average molecular weight is 401 g/mol. The second-order valence-electron chi connectivity index (χ2n) is 10.2. The van der Waals surface area contributed by atoms with E-state index in [-0.39, 0.29) is 5.41 Å². The number of likely N-dealkylation sites (tertiary alicyclic amines) is 1. The third-order valence-corrected chi connectivity index (χ3v) is 8.29. The van der Waals surface area contributed by atoms with Gasteiger partial charge in [0.1, 0.15) is 5.75 Å². The van der Waals surface area contributed by atoms with Crippen molar-refractivity contribution < 1.29 is 5.11 Å². The van der Waals surface area contributed by atoms with Gasteiger partial charge in [-0.15, -0.1) is 0 Å². The van der Waals surface area contributed by atoms with Crippen molar-refractivity contribution >= 4 is 10.9 Å². The summed E-state index contributed by atoms with van der Waals surface area (Å²) in [6.45, 7) is 5.86. The van der Waals surface area contributed by atoms with Crippen LogP contribution in [0.25, 0.3) is 10.9 Å². The molecule has 3 nitrogen and oxygen atoms in total. The maximum absolute atomic E-state index is 10.3. The number of aromatic hydroxyl groups is 1. The molecule has 3 aromatic rings. The lowest BCUT2D eigenvalue weighted by Gasteiger charge is -2.51. The topological polar surface area (TPSA) is 28.4 Å². The van der Waals surface area contributed by atoms with E-state index in [1.807, 2.05) is 18.2 Å². The number of nitrogens with zero attached hydrogens (tertiary/aromatic N) is 2. The number of piperidine rings is 1. The second-order valence-corrected chi connectivity index (χ2v) is 10.2. The monoisotopic (exact) mass is 400 g/mol. The predicted molar refractivity (Wildman–Crippen MR) is 122 cm³/mol. The van der Waals surface area contributed by atoms with Gasteiger partial charge in [0.2, 0.25) is 0 Å². The maximum Gasteiger partial charge on any atom is 0.115 e. The second kappa shape index (κ2) is 6.62. The van der Waals surface area contributed by atoms with Gasteiger partial charge < -0.3 is 14.6 Å². The number of aromatic nitrogens is 1. The van der Waals surface area contributed by atoms with Crippen molar-refractivity contribution in [1.29, 1.82) is 0 Å². The lowest BCUT2D eigenvalue weighted by molar-refractivity contribution is 0.0776. The van der Waals surface area contributed by atoms with Crippen molar-refractivity contribution in [1.82, 2.24) is 9.47 Å². The van der Waals surface area contributed by atoms with E-state index in [1.165, 1.54) is 66.6 Å². The maximum atomic E-state index is 10.3. The minimum atomic E-state index is 0.128. The highest BCUT2D eigenvalue weighted by atomic mass is 16.3. The van der Waals surface area contributed by atoms with Crippen LogP contribution in [0.2, 0.25) is 0 Å². The Bertz CT molecular complexity index is 1130. The highest BCUT2D eigenvalue weighted by Gasteiger charge is 2.48. The number of aryl methyl sites for hydroxylation is 2. The Balaban J connectivity index is 1.48. The third kappa shape index (κ3) is 2.82. The van der Waals surface area contributed by atoms with E-state index in [4.69, 9.17) is 0 Å². The standard InChI is InChI=1S/C27H32N2O/c1-18-6-9-25-23(12-18)24-14-21-17-29(16-19-7-8-19)11-10-27(21,15-26(24)28(25)2)20-4-3-5-22(30)13-20/h3-6,9,12-13,19,21,30H,7-8,10-11,14-17H2,1-2H3. The van der Waals surface area contributed by atoms with E-state index in [0.717, 1.165) is 18.8 Å². The Kier molecular flexibility index (Phi) is 4.08. The smallest absolute Gasteiger partial charge is 0.115 e. The molecule has 2 atom stereocenters. The molecule has 0 spiro atoms. The van der Waals surface area contributed by atoms with E-state index in [1.54, 1.807) is 5.56 Å². The first-order valence-corrected chi connectivity index (χ1v) is 11.6. The zero-order chi connectivity index (χ0) is 20.5. The molecule has 0 radical (unpaired) electrons. The first kappa shape index (κ1) is 18.5. The van der Waals surface area contributed by atoms with Gasteiger partial charge in [-0.25, -0.2) is 0 Å². The lowest BCUT2D eigenvalue weighted by Crippen LogP contribution is -2.54. The fraction of sp³-hybridized carbons (Fsp3) is 0.481. The molecule has 2 heterocycles. The molecule has 1 aliphatic heterocycles. The first-order valence-electron chi connectivity index (χ1n) is 11.6. The summed E-state index contributed by atoms with van der Waals surface area (Å²) in [5.41, 5.74) is 7.26. The summed E-state index contributed by atoms with van der Waals surface area (Å²) in [6, 6.07) is 15.1. The van der Waals surface area contributed by atoms with Gasteiger partial charge in [0, 0.05) is 42.1 Å². The van der Waals surface area contributed by atoms with Gasteiger partial charge in [0.05, 0.1) is 0 Å². The molecule has 3 aliphatic rings. The quantitative estimate of drug-likeness (QED) is 0.673. The van der Waals surface area contributed by atoms with Crippen molar-refractivity contribution in [3.8, 4) is 5.75 Å². The molecule has 6 rings (SSSR count). The molecule has 1 N–H and O–H groups in total. The summed E-state index contributed by atoms with van der Waals surface area (Å²) in [4.78, 5) is 2.74. The predicted octanol–water partition coefficient (Wildman–Crippen LogP) is 4.96. The number of phenolic OH excluding ortho intramolecular Hbond substituents is 1. The van der Waals surface area contributed by atoms with Gasteiger partial charge in [-0.2, -0.15) is 0 Å². The van der Waals surface area contributed by atoms with Crippen LogP contribution in [0.15, 0.2) is 42.5 Å². The number of phenols is 1. The van der Waals surface area contributed by atoms with E-state index >= 15 is 0 Å². The van der Waals surface area contributed by atoms with Gasteiger partial charge in [0.15, 0.2) is 0 Å². The van der Waals surface area contributed by atoms with E-state index in [2.05, 4.69) is 47.7 Å². The van der Waals surface area contributed by atoms with Crippen LogP contribution in [0.1, 0.15) is 41.6 Å². The lowest BCUT2D eigenvalue weighted by atomic mass is 9.58. The summed E-state index contributed by atoms with van der Waals surface area (Å²) in [6.07, 6.45) is 6.26. The van der Waals surface area contributed by atoms with Gasteiger partial charge in [-0.1, -0.05) is 23.8 Å². The van der Waals surface area contributed by atoms with Gasteiger partial charge >= 0.3 is 0 Å². The van der Waals surface area contributed by atoms with Crippen molar-refractivity contribution in [2.24, 2.45) is 18.9 Å². The van der Waals surface area contributed by atoms with Gasteiger partial charge in [-0.05, 0) is 92.8 Å². The number of fused-ring (bicyclic) bond motifs is 4. The third-order valence-electron chi connectivity index (χ3n) is 8.29. The molecule has 30 heavy (non-hydrogen) atoms. The molecule has 1 aromatic heterocycles. The summed E-state index contributed by atoms with van der Waals surface area (Å²) < 4.78 is 2.45. The molecule has 2 fully saturated rings. The van der Waals surface area contributed by atoms with Gasteiger partial charge in [-0.3, -0.25) is 0 Å². The largest absolute Gasteiger partial charge is 0.508 e. The molecular formula is C27H32N2O. The fourth-order valence-corrected chi connectivity index (χ4v) is 6.45.